The number of hydrogen-bond acceptors (Lipinski definition) is 4. The Morgan fingerprint density at radius 2 is 1.93 bits per heavy atom. The average Bonchev–Trinajstić information content (AvgIpc) is 3.16. The number of nitrogens with one attached hydrogen (secondary N) is 2. The number of benzene rings is 1. The van der Waals surface area contributed by atoms with Gasteiger partial charge in [0.15, 0.2) is 0 Å². The fraction of sp³-hybridized carbons (Fsp3) is 0.227. The third kappa shape index (κ3) is 4.84. The van der Waals surface area contributed by atoms with Gasteiger partial charge in [-0.05, 0) is 55.7 Å². The van der Waals surface area contributed by atoms with Crippen LogP contribution in [0.2, 0.25) is 0 Å². The molecule has 0 atom stereocenters. The van der Waals surface area contributed by atoms with Crippen molar-refractivity contribution >= 4 is 21.8 Å². The van der Waals surface area contributed by atoms with Gasteiger partial charge in [0.25, 0.3) is 5.56 Å². The number of aromatic amines is 1. The maximum Gasteiger partial charge on any atom is 0.266 e. The van der Waals surface area contributed by atoms with E-state index in [-0.39, 0.29) is 17.9 Å². The van der Waals surface area contributed by atoms with Crippen LogP contribution in [0.3, 0.4) is 0 Å². The van der Waals surface area contributed by atoms with Gasteiger partial charge in [-0.2, -0.15) is 5.26 Å². The largest absolute Gasteiger partial charge is 0.459 e. The summed E-state index contributed by atoms with van der Waals surface area (Å²) in [7, 11) is 0. The quantitative estimate of drug-likeness (QED) is 0.585. The van der Waals surface area contributed by atoms with Gasteiger partial charge in [0.1, 0.15) is 23.2 Å². The first-order valence-corrected chi connectivity index (χ1v) is 9.92. The zero-order chi connectivity index (χ0) is 21.0. The molecular weight excluding hydrogens is 434 g/mol. The molecule has 7 heteroatoms. The van der Waals surface area contributed by atoms with Crippen molar-refractivity contribution in [2.24, 2.45) is 0 Å². The van der Waals surface area contributed by atoms with Gasteiger partial charge in [0, 0.05) is 22.2 Å². The van der Waals surface area contributed by atoms with E-state index in [1.54, 1.807) is 13.8 Å². The topological polar surface area (TPSA) is 98.9 Å². The molecule has 0 unspecified atom stereocenters. The Hall–Kier alpha value is -3.11. The summed E-state index contributed by atoms with van der Waals surface area (Å²) in [6, 6.07) is 13.4. The number of H-pyrrole nitrogens is 1. The van der Waals surface area contributed by atoms with Crippen molar-refractivity contribution in [3.63, 3.8) is 0 Å². The molecule has 3 aromatic rings. The minimum Gasteiger partial charge on any atom is -0.459 e. The normalized spacial score (nSPS) is 10.6. The van der Waals surface area contributed by atoms with Crippen molar-refractivity contribution in [2.75, 3.05) is 0 Å². The van der Waals surface area contributed by atoms with Crippen molar-refractivity contribution in [3.05, 3.63) is 79.4 Å². The van der Waals surface area contributed by atoms with E-state index < -0.39 is 5.56 Å². The van der Waals surface area contributed by atoms with Crippen molar-refractivity contribution in [1.82, 2.24) is 10.3 Å². The van der Waals surface area contributed by atoms with Gasteiger partial charge in [-0.25, -0.2) is 0 Å². The molecule has 2 heterocycles. The van der Waals surface area contributed by atoms with Crippen molar-refractivity contribution in [2.45, 2.75) is 33.2 Å². The van der Waals surface area contributed by atoms with E-state index in [4.69, 9.17) is 9.68 Å². The molecule has 0 aliphatic carbocycles. The molecule has 0 saturated carbocycles. The number of carbonyl (C=O) groups is 1. The van der Waals surface area contributed by atoms with Crippen LogP contribution >= 0.6 is 15.9 Å². The highest BCUT2D eigenvalue weighted by atomic mass is 79.9. The Kier molecular flexibility index (Phi) is 6.35. The molecule has 0 aliphatic rings. The SMILES string of the molecule is Cc1[nH]c(=O)c(C#N)c(C)c1CCC(=O)NCc1ccc(-c2ccc(Br)cc2)o1. The number of aryl methyl sites for hydroxylation is 1. The highest BCUT2D eigenvalue weighted by Gasteiger charge is 2.13. The number of aromatic nitrogens is 1. The molecule has 0 aliphatic heterocycles. The van der Waals surface area contributed by atoms with Crippen LogP contribution in [0.5, 0.6) is 0 Å². The fourth-order valence-electron chi connectivity index (χ4n) is 3.18. The molecule has 0 bridgehead atoms. The molecule has 2 aromatic heterocycles. The zero-order valence-electron chi connectivity index (χ0n) is 16.1. The van der Waals surface area contributed by atoms with Gasteiger partial charge in [0.05, 0.1) is 6.54 Å². The maximum absolute atomic E-state index is 12.3. The van der Waals surface area contributed by atoms with Crippen LogP contribution in [0.15, 0.2) is 50.1 Å². The first-order chi connectivity index (χ1) is 13.9. The van der Waals surface area contributed by atoms with Gasteiger partial charge in [-0.15, -0.1) is 0 Å². The minimum absolute atomic E-state index is 0.0991. The number of amides is 1. The lowest BCUT2D eigenvalue weighted by Gasteiger charge is -2.10. The molecule has 29 heavy (non-hydrogen) atoms. The number of furan rings is 1. The van der Waals surface area contributed by atoms with Gasteiger partial charge in [-0.3, -0.25) is 9.59 Å². The summed E-state index contributed by atoms with van der Waals surface area (Å²) in [5, 5.41) is 12.0. The van der Waals surface area contributed by atoms with Gasteiger partial charge < -0.3 is 14.7 Å². The predicted molar refractivity (Wildman–Crippen MR) is 113 cm³/mol. The monoisotopic (exact) mass is 453 g/mol. The lowest BCUT2D eigenvalue weighted by atomic mass is 9.99. The van der Waals surface area contributed by atoms with Crippen molar-refractivity contribution < 1.29 is 9.21 Å². The number of hydrogen-bond donors (Lipinski definition) is 2. The molecule has 148 valence electrons. The summed E-state index contributed by atoms with van der Waals surface area (Å²) >= 11 is 3.40. The fourth-order valence-corrected chi connectivity index (χ4v) is 3.44. The second-order valence-corrected chi connectivity index (χ2v) is 7.63. The maximum atomic E-state index is 12.3. The lowest BCUT2D eigenvalue weighted by Crippen LogP contribution is -2.23. The smallest absolute Gasteiger partial charge is 0.266 e. The molecular formula is C22H20BrN3O3. The van der Waals surface area contributed by atoms with Crippen LogP contribution in [-0.4, -0.2) is 10.9 Å². The Morgan fingerprint density at radius 1 is 1.21 bits per heavy atom. The third-order valence-corrected chi connectivity index (χ3v) is 5.30. The Labute approximate surface area is 176 Å². The first-order valence-electron chi connectivity index (χ1n) is 9.13. The molecule has 1 aromatic carbocycles. The second-order valence-electron chi connectivity index (χ2n) is 6.72. The third-order valence-electron chi connectivity index (χ3n) is 4.77. The molecule has 1 amide bonds. The Bertz CT molecular complexity index is 1140. The standard InChI is InChI=1S/C22H20BrN3O3/c1-13-18(14(2)26-22(28)19(13)11-24)8-10-21(27)25-12-17-7-9-20(29-17)15-3-5-16(23)6-4-15/h3-7,9H,8,10,12H2,1-2H3,(H,25,27)(H,26,28). The van der Waals surface area contributed by atoms with E-state index in [0.29, 0.717) is 30.0 Å². The molecule has 0 saturated heterocycles. The molecule has 3 rings (SSSR count). The number of rotatable bonds is 6. The number of pyridine rings is 1. The summed E-state index contributed by atoms with van der Waals surface area (Å²) in [5.74, 6) is 1.28. The van der Waals surface area contributed by atoms with Crippen LogP contribution in [0.25, 0.3) is 11.3 Å². The number of halogens is 1. The number of carbonyl (C=O) groups excluding carboxylic acids is 1. The molecule has 0 fully saturated rings. The second kappa shape index (κ2) is 8.93. The molecule has 6 nitrogen and oxygen atoms in total. The van der Waals surface area contributed by atoms with E-state index >= 15 is 0 Å². The van der Waals surface area contributed by atoms with Gasteiger partial charge >= 0.3 is 0 Å². The van der Waals surface area contributed by atoms with Crippen LogP contribution in [0, 0.1) is 25.2 Å². The van der Waals surface area contributed by atoms with Gasteiger partial charge in [-0.1, -0.05) is 28.1 Å². The lowest BCUT2D eigenvalue weighted by molar-refractivity contribution is -0.121. The van der Waals surface area contributed by atoms with E-state index in [2.05, 4.69) is 26.2 Å². The van der Waals surface area contributed by atoms with Crippen molar-refractivity contribution in [1.29, 1.82) is 5.26 Å². The highest BCUT2D eigenvalue weighted by molar-refractivity contribution is 9.10. The van der Waals surface area contributed by atoms with Crippen LogP contribution in [0.1, 0.15) is 34.6 Å². The minimum atomic E-state index is -0.393. The Morgan fingerprint density at radius 3 is 2.62 bits per heavy atom. The summed E-state index contributed by atoms with van der Waals surface area (Å²) in [6.07, 6.45) is 0.691. The first kappa shape index (κ1) is 20.6. The summed E-state index contributed by atoms with van der Waals surface area (Å²) in [6.45, 7) is 3.80. The van der Waals surface area contributed by atoms with E-state index in [1.165, 1.54) is 0 Å². The van der Waals surface area contributed by atoms with Crippen LogP contribution in [-0.2, 0) is 17.8 Å². The number of nitriles is 1. The van der Waals surface area contributed by atoms with E-state index in [9.17, 15) is 9.59 Å². The van der Waals surface area contributed by atoms with Crippen LogP contribution in [0.4, 0.5) is 0 Å². The summed E-state index contributed by atoms with van der Waals surface area (Å²) in [5.41, 5.74) is 2.81. The number of nitrogens with zero attached hydrogens (tertiary/aromatic N) is 1. The van der Waals surface area contributed by atoms with Crippen molar-refractivity contribution in [3.8, 4) is 17.4 Å². The zero-order valence-corrected chi connectivity index (χ0v) is 17.7. The average molecular weight is 454 g/mol. The highest BCUT2D eigenvalue weighted by Crippen LogP contribution is 2.24. The molecule has 0 radical (unpaired) electrons. The van der Waals surface area contributed by atoms with Crippen LogP contribution < -0.4 is 10.9 Å². The Balaban J connectivity index is 1.58. The predicted octanol–water partition coefficient (Wildman–Crippen LogP) is 4.13. The summed E-state index contributed by atoms with van der Waals surface area (Å²) in [4.78, 5) is 26.7. The molecule has 0 spiro atoms. The van der Waals surface area contributed by atoms with E-state index in [0.717, 1.165) is 21.4 Å². The molecule has 2 N–H and O–H groups in total. The summed E-state index contributed by atoms with van der Waals surface area (Å²) < 4.78 is 6.79. The van der Waals surface area contributed by atoms with Gasteiger partial charge in [0.2, 0.25) is 5.91 Å². The van der Waals surface area contributed by atoms with E-state index in [1.807, 2.05) is 42.5 Å².